The number of hydrogen-bond donors (Lipinski definition) is 0. The predicted molar refractivity (Wildman–Crippen MR) is 69.1 cm³/mol. The van der Waals surface area contributed by atoms with E-state index in [1.165, 1.54) is 37.4 Å². The second kappa shape index (κ2) is 6.65. The van der Waals surface area contributed by atoms with Gasteiger partial charge in [-0.3, -0.25) is 9.78 Å². The topological polar surface area (TPSA) is 85.8 Å². The summed E-state index contributed by atoms with van der Waals surface area (Å²) in [5, 5.41) is 0. The van der Waals surface area contributed by atoms with Crippen molar-refractivity contribution in [1.29, 1.82) is 0 Å². The highest BCUT2D eigenvalue weighted by Crippen LogP contribution is 2.11. The van der Waals surface area contributed by atoms with E-state index in [1.54, 1.807) is 14.1 Å². The normalized spacial score (nSPS) is 11.4. The monoisotopic (exact) mass is 280 g/mol. The van der Waals surface area contributed by atoms with Gasteiger partial charge in [-0.1, -0.05) is 0 Å². The number of carbonyl (C=O) groups is 3. The van der Waals surface area contributed by atoms with E-state index in [0.717, 1.165) is 0 Å². The average Bonchev–Trinajstić information content (AvgIpc) is 2.45. The first-order valence-electron chi connectivity index (χ1n) is 5.83. The number of pyridine rings is 1. The van der Waals surface area contributed by atoms with Crippen LogP contribution in [0.15, 0.2) is 18.5 Å². The number of carbonyl (C=O) groups excluding carboxylic acids is 3. The number of methoxy groups -OCH3 is 1. The molecule has 0 unspecified atom stereocenters. The van der Waals surface area contributed by atoms with Crippen LogP contribution in [0, 0.1) is 0 Å². The van der Waals surface area contributed by atoms with Crippen molar-refractivity contribution in [3.63, 3.8) is 0 Å². The largest absolute Gasteiger partial charge is 0.465 e. The van der Waals surface area contributed by atoms with Gasteiger partial charge in [0.2, 0.25) is 0 Å². The molecule has 0 saturated heterocycles. The van der Waals surface area contributed by atoms with E-state index in [0.29, 0.717) is 0 Å². The van der Waals surface area contributed by atoms with E-state index in [1.807, 2.05) is 0 Å². The Bertz CT molecular complexity index is 527. The van der Waals surface area contributed by atoms with Crippen molar-refractivity contribution in [3.05, 3.63) is 29.6 Å². The minimum Gasteiger partial charge on any atom is -0.465 e. The fourth-order valence-electron chi connectivity index (χ4n) is 1.48. The van der Waals surface area contributed by atoms with Crippen LogP contribution in [-0.2, 0) is 14.3 Å². The third kappa shape index (κ3) is 3.53. The summed E-state index contributed by atoms with van der Waals surface area (Å²) in [7, 11) is 4.31. The molecule has 0 aliphatic heterocycles. The maximum absolute atomic E-state index is 12.0. The number of amides is 1. The zero-order valence-electron chi connectivity index (χ0n) is 11.7. The average molecular weight is 280 g/mol. The Balaban J connectivity index is 2.93. The molecule has 0 radical (unpaired) electrons. The van der Waals surface area contributed by atoms with E-state index in [-0.39, 0.29) is 17.0 Å². The molecule has 1 amide bonds. The quantitative estimate of drug-likeness (QED) is 0.747. The van der Waals surface area contributed by atoms with Crippen molar-refractivity contribution in [3.8, 4) is 0 Å². The minimum atomic E-state index is -0.955. The molecule has 0 fully saturated rings. The van der Waals surface area contributed by atoms with Gasteiger partial charge in [-0.15, -0.1) is 0 Å². The molecule has 1 aromatic rings. The molecule has 0 bridgehead atoms. The minimum absolute atomic E-state index is 0.0389. The lowest BCUT2D eigenvalue weighted by molar-refractivity contribution is -0.137. The molecule has 0 spiro atoms. The molecule has 0 aromatic carbocycles. The van der Waals surface area contributed by atoms with E-state index < -0.39 is 18.0 Å². The smallest absolute Gasteiger partial charge is 0.341 e. The highest BCUT2D eigenvalue weighted by molar-refractivity contribution is 6.03. The van der Waals surface area contributed by atoms with Crippen LogP contribution < -0.4 is 0 Å². The summed E-state index contributed by atoms with van der Waals surface area (Å²) in [6.45, 7) is 1.45. The fourth-order valence-corrected chi connectivity index (χ4v) is 1.48. The summed E-state index contributed by atoms with van der Waals surface area (Å²) >= 11 is 0. The molecule has 0 aliphatic carbocycles. The fraction of sp³-hybridized carbons (Fsp3) is 0.385. The number of rotatable bonds is 4. The maximum Gasteiger partial charge on any atom is 0.341 e. The van der Waals surface area contributed by atoms with Crippen molar-refractivity contribution < 1.29 is 23.9 Å². The lowest BCUT2D eigenvalue weighted by Crippen LogP contribution is -2.35. The van der Waals surface area contributed by atoms with Crippen LogP contribution in [-0.4, -0.2) is 55.0 Å². The van der Waals surface area contributed by atoms with Crippen molar-refractivity contribution in [2.75, 3.05) is 21.2 Å². The first kappa shape index (κ1) is 15.6. The first-order chi connectivity index (χ1) is 9.38. The van der Waals surface area contributed by atoms with Crippen LogP contribution >= 0.6 is 0 Å². The molecular weight excluding hydrogens is 264 g/mol. The molecule has 0 N–H and O–H groups in total. The molecule has 20 heavy (non-hydrogen) atoms. The zero-order chi connectivity index (χ0) is 15.3. The summed E-state index contributed by atoms with van der Waals surface area (Å²) < 4.78 is 9.58. The molecule has 7 nitrogen and oxygen atoms in total. The molecule has 1 atom stereocenters. The summed E-state index contributed by atoms with van der Waals surface area (Å²) in [6, 6.07) is 1.35. The summed E-state index contributed by atoms with van der Waals surface area (Å²) in [6.07, 6.45) is 1.60. The molecule has 1 heterocycles. The molecular formula is C13H16N2O5. The van der Waals surface area contributed by atoms with E-state index in [4.69, 9.17) is 4.74 Å². The van der Waals surface area contributed by atoms with Gasteiger partial charge in [0, 0.05) is 26.5 Å². The van der Waals surface area contributed by atoms with Gasteiger partial charge in [0.15, 0.2) is 6.10 Å². The molecule has 1 aromatic heterocycles. The summed E-state index contributed by atoms with van der Waals surface area (Å²) in [4.78, 5) is 40.2. The highest BCUT2D eigenvalue weighted by atomic mass is 16.5. The van der Waals surface area contributed by atoms with Gasteiger partial charge in [0.25, 0.3) is 5.91 Å². The second-order valence-electron chi connectivity index (χ2n) is 4.19. The molecule has 1 rings (SSSR count). The van der Waals surface area contributed by atoms with Crippen LogP contribution in [0.3, 0.4) is 0 Å². The number of hydrogen-bond acceptors (Lipinski definition) is 6. The second-order valence-corrected chi connectivity index (χ2v) is 4.19. The number of esters is 2. The van der Waals surface area contributed by atoms with E-state index in [2.05, 4.69) is 9.72 Å². The number of likely N-dealkylation sites (N-methyl/N-ethyl adjacent to an activating group) is 1. The summed E-state index contributed by atoms with van der Waals surface area (Å²) in [5.74, 6) is -1.84. The van der Waals surface area contributed by atoms with Gasteiger partial charge in [-0.05, 0) is 13.0 Å². The third-order valence-electron chi connectivity index (χ3n) is 2.52. The van der Waals surface area contributed by atoms with Gasteiger partial charge in [0.1, 0.15) is 0 Å². The Hall–Kier alpha value is -2.44. The standard InChI is InChI=1S/C13H16N2O5/c1-8(11(16)15(2)3)20-13(18)10-7-14-6-5-9(10)12(17)19-4/h5-8H,1-4H3/t8-/m0/s1. The lowest BCUT2D eigenvalue weighted by Gasteiger charge is -2.17. The maximum atomic E-state index is 12.0. The number of ether oxygens (including phenoxy) is 2. The van der Waals surface area contributed by atoms with Crippen molar-refractivity contribution in [2.45, 2.75) is 13.0 Å². The first-order valence-corrected chi connectivity index (χ1v) is 5.83. The van der Waals surface area contributed by atoms with Crippen molar-refractivity contribution in [2.24, 2.45) is 0 Å². The van der Waals surface area contributed by atoms with Crippen LogP contribution in [0.4, 0.5) is 0 Å². The van der Waals surface area contributed by atoms with Crippen LogP contribution in [0.25, 0.3) is 0 Å². The molecule has 108 valence electrons. The van der Waals surface area contributed by atoms with Gasteiger partial charge >= 0.3 is 11.9 Å². The predicted octanol–water partition coefficient (Wildman–Crippen LogP) is 0.502. The Morgan fingerprint density at radius 1 is 1.20 bits per heavy atom. The third-order valence-corrected chi connectivity index (χ3v) is 2.52. The van der Waals surface area contributed by atoms with Crippen molar-refractivity contribution in [1.82, 2.24) is 9.88 Å². The molecule has 0 aliphatic rings. The SMILES string of the molecule is COC(=O)c1ccncc1C(=O)O[C@@H](C)C(=O)N(C)C. The van der Waals surface area contributed by atoms with Gasteiger partial charge in [-0.2, -0.15) is 0 Å². The van der Waals surface area contributed by atoms with E-state index >= 15 is 0 Å². The van der Waals surface area contributed by atoms with Gasteiger partial charge in [0.05, 0.1) is 18.2 Å². The lowest BCUT2D eigenvalue weighted by atomic mass is 10.1. The Morgan fingerprint density at radius 3 is 2.40 bits per heavy atom. The van der Waals surface area contributed by atoms with Crippen LogP contribution in [0.2, 0.25) is 0 Å². The van der Waals surface area contributed by atoms with Crippen LogP contribution in [0.1, 0.15) is 27.6 Å². The van der Waals surface area contributed by atoms with Crippen molar-refractivity contribution >= 4 is 17.8 Å². The summed E-state index contributed by atoms with van der Waals surface area (Å²) in [5.41, 5.74) is -0.00485. The Morgan fingerprint density at radius 2 is 1.85 bits per heavy atom. The van der Waals surface area contributed by atoms with Gasteiger partial charge in [-0.25, -0.2) is 9.59 Å². The molecule has 0 saturated carbocycles. The zero-order valence-corrected chi connectivity index (χ0v) is 11.7. The molecule has 7 heteroatoms. The van der Waals surface area contributed by atoms with E-state index in [9.17, 15) is 14.4 Å². The Kier molecular flexibility index (Phi) is 5.19. The number of aromatic nitrogens is 1. The Labute approximate surface area is 116 Å². The van der Waals surface area contributed by atoms with Gasteiger partial charge < -0.3 is 14.4 Å². The highest BCUT2D eigenvalue weighted by Gasteiger charge is 2.24. The van der Waals surface area contributed by atoms with Crippen LogP contribution in [0.5, 0.6) is 0 Å². The number of nitrogens with zero attached hydrogens (tertiary/aromatic N) is 2.